The lowest BCUT2D eigenvalue weighted by Gasteiger charge is -2.48. The van der Waals surface area contributed by atoms with Crippen LogP contribution in [0.1, 0.15) is 335 Å². The predicted molar refractivity (Wildman–Crippen MR) is 420 cm³/mol. The van der Waals surface area contributed by atoms with Gasteiger partial charge in [0.1, 0.15) is 73.2 Å². The lowest BCUT2D eigenvalue weighted by molar-refractivity contribution is -0.379. The Kier molecular flexibility index (Phi) is 60.5. The van der Waals surface area contributed by atoms with Crippen LogP contribution in [0.2, 0.25) is 0 Å². The molecule has 3 saturated heterocycles. The Balaban J connectivity index is 1.35. The standard InChI is InChI=1S/C86H155NO18/c1-3-5-7-9-11-13-15-17-19-21-23-25-27-29-31-32-33-34-35-36-38-39-41-43-45-47-49-51-53-55-57-59-61-63-70(91)69(87-74(92)64-62-60-58-56-54-52-50-48-46-44-42-40-37-30-28-26-24-22-20-18-16-14-12-10-8-6-4-2)68-100-84-80(98)77(95)82(72(66-89)102-84)105-86-81(99)78(96)83(73(67-90)103-86)104-85-79(97)76(94)75(93)71(65-88)101-85/h6,8,12,14,18,20,24,26,30,37,61,63,69-73,75-86,88-91,93-99H,3-5,7,9-11,13,15-17,19,21-23,25,27-29,31-36,38-60,62,64-68H2,1-2H3,(H,87,92)/b8-6-,14-12-,20-18-,26-24-,37-30-,63-61+. The summed E-state index contributed by atoms with van der Waals surface area (Å²) >= 11 is 0. The minimum Gasteiger partial charge on any atom is -0.394 e. The van der Waals surface area contributed by atoms with Gasteiger partial charge in [0.25, 0.3) is 0 Å². The molecule has 3 aliphatic rings. The maximum Gasteiger partial charge on any atom is 0.220 e. The molecule has 3 fully saturated rings. The van der Waals surface area contributed by atoms with Gasteiger partial charge in [-0.15, -0.1) is 0 Å². The van der Waals surface area contributed by atoms with Crippen LogP contribution in [0.25, 0.3) is 0 Å². The molecular formula is C86H155NO18. The summed E-state index contributed by atoms with van der Waals surface area (Å²) in [6, 6.07) is -0.981. The van der Waals surface area contributed by atoms with Gasteiger partial charge in [-0.25, -0.2) is 0 Å². The van der Waals surface area contributed by atoms with Crippen LogP contribution < -0.4 is 5.32 Å². The van der Waals surface area contributed by atoms with Crippen molar-refractivity contribution in [2.45, 2.75) is 439 Å². The summed E-state index contributed by atoms with van der Waals surface area (Å²) in [7, 11) is 0. The van der Waals surface area contributed by atoms with Crippen LogP contribution in [0.3, 0.4) is 0 Å². The molecule has 3 rings (SSSR count). The molecule has 105 heavy (non-hydrogen) atoms. The monoisotopic (exact) mass is 1490 g/mol. The Morgan fingerprint density at radius 3 is 1.03 bits per heavy atom. The number of carbonyl (C=O) groups excluding carboxylic acids is 1. The Hall–Kier alpha value is -2.77. The minimum atomic E-state index is -1.98. The molecule has 1 amide bonds. The van der Waals surface area contributed by atoms with Crippen LogP contribution in [-0.4, -0.2) is 193 Å². The fourth-order valence-electron chi connectivity index (χ4n) is 14.2. The average Bonchev–Trinajstić information content (AvgIpc) is 0.781. The van der Waals surface area contributed by atoms with E-state index in [0.29, 0.717) is 6.42 Å². The van der Waals surface area contributed by atoms with E-state index >= 15 is 0 Å². The maximum absolute atomic E-state index is 13.5. The summed E-state index contributed by atoms with van der Waals surface area (Å²) in [4.78, 5) is 13.5. The number of hydrogen-bond donors (Lipinski definition) is 12. The number of unbranched alkanes of at least 4 members (excludes halogenated alkanes) is 42. The van der Waals surface area contributed by atoms with Crippen LogP contribution in [-0.2, 0) is 33.2 Å². The first-order valence-corrected chi connectivity index (χ1v) is 42.7. The van der Waals surface area contributed by atoms with Gasteiger partial charge in [0.15, 0.2) is 18.9 Å². The van der Waals surface area contributed by atoms with Crippen molar-refractivity contribution in [1.82, 2.24) is 5.32 Å². The number of amides is 1. The van der Waals surface area contributed by atoms with Gasteiger partial charge in [-0.05, 0) is 64.2 Å². The maximum atomic E-state index is 13.5. The van der Waals surface area contributed by atoms with Crippen LogP contribution in [0.15, 0.2) is 72.9 Å². The molecule has 0 aromatic carbocycles. The van der Waals surface area contributed by atoms with Crippen molar-refractivity contribution in [2.75, 3.05) is 26.4 Å². The van der Waals surface area contributed by atoms with Crippen molar-refractivity contribution >= 4 is 5.91 Å². The molecule has 17 atom stereocenters. The van der Waals surface area contributed by atoms with Gasteiger partial charge >= 0.3 is 0 Å². The highest BCUT2D eigenvalue weighted by Crippen LogP contribution is 2.33. The highest BCUT2D eigenvalue weighted by Gasteiger charge is 2.54. The molecular weight excluding hydrogens is 1330 g/mol. The fraction of sp³-hybridized carbons (Fsp3) is 0.849. The topological polar surface area (TPSA) is 307 Å². The van der Waals surface area contributed by atoms with E-state index in [2.05, 4.69) is 79.9 Å². The number of carbonyl (C=O) groups is 1. The first kappa shape index (κ1) is 96.4. The van der Waals surface area contributed by atoms with Gasteiger partial charge in [0, 0.05) is 6.42 Å². The molecule has 12 N–H and O–H groups in total. The summed E-state index contributed by atoms with van der Waals surface area (Å²) in [5, 5.41) is 121. The molecule has 0 aromatic heterocycles. The van der Waals surface area contributed by atoms with Crippen molar-refractivity contribution in [2.24, 2.45) is 0 Å². The Labute approximate surface area is 636 Å². The number of nitrogens with one attached hydrogen (secondary N) is 1. The van der Waals surface area contributed by atoms with E-state index in [0.717, 1.165) is 89.9 Å². The summed E-state index contributed by atoms with van der Waals surface area (Å²) < 4.78 is 34.5. The molecule has 612 valence electrons. The first-order valence-electron chi connectivity index (χ1n) is 42.7. The van der Waals surface area contributed by atoms with Gasteiger partial charge in [-0.1, -0.05) is 337 Å². The zero-order valence-electron chi connectivity index (χ0n) is 65.7. The highest BCUT2D eigenvalue weighted by atomic mass is 16.8. The Bertz CT molecular complexity index is 2180. The normalized spacial score (nSPS) is 26.1. The quantitative estimate of drug-likeness (QED) is 0.0199. The van der Waals surface area contributed by atoms with Gasteiger partial charge in [0.05, 0.1) is 38.6 Å². The Morgan fingerprint density at radius 1 is 0.352 bits per heavy atom. The van der Waals surface area contributed by atoms with Crippen LogP contribution in [0.5, 0.6) is 0 Å². The zero-order chi connectivity index (χ0) is 76.0. The molecule has 0 aromatic rings. The van der Waals surface area contributed by atoms with Crippen molar-refractivity contribution in [3.05, 3.63) is 72.9 Å². The summed E-state index contributed by atoms with van der Waals surface area (Å²) in [6.07, 6.45) is 60.4. The molecule has 0 bridgehead atoms. The van der Waals surface area contributed by atoms with E-state index in [1.165, 1.54) is 218 Å². The lowest BCUT2D eigenvalue weighted by Crippen LogP contribution is -2.66. The van der Waals surface area contributed by atoms with E-state index < -0.39 is 124 Å². The molecule has 3 aliphatic heterocycles. The third-order valence-corrected chi connectivity index (χ3v) is 21.0. The SMILES string of the molecule is CC/C=C\C/C=C\C/C=C\C/C=C\C/C=C\CCCCCCCCCCCCCC(=O)NC(COC1OC(CO)C(OC2OC(CO)C(OC3OC(CO)C(O)C(O)C3O)C(O)C2O)C(O)C1O)C(O)/C=C/CCCCCCCCCCCCCCCCCCCCCCCCCCCCCCCCC. The number of rotatable bonds is 68. The lowest BCUT2D eigenvalue weighted by atomic mass is 9.96. The number of allylic oxidation sites excluding steroid dienone is 11. The summed E-state index contributed by atoms with van der Waals surface area (Å²) in [5.41, 5.74) is 0. The molecule has 0 saturated carbocycles. The van der Waals surface area contributed by atoms with Gasteiger partial charge in [0.2, 0.25) is 5.91 Å². The number of aliphatic hydroxyl groups excluding tert-OH is 11. The van der Waals surface area contributed by atoms with E-state index in [4.69, 9.17) is 28.4 Å². The second kappa shape index (κ2) is 65.9. The predicted octanol–water partition coefficient (Wildman–Crippen LogP) is 15.2. The van der Waals surface area contributed by atoms with Crippen molar-refractivity contribution < 1.29 is 89.4 Å². The second-order valence-electron chi connectivity index (χ2n) is 30.3. The van der Waals surface area contributed by atoms with Crippen LogP contribution >= 0.6 is 0 Å². The number of ether oxygens (including phenoxy) is 6. The molecule has 17 unspecified atom stereocenters. The second-order valence-corrected chi connectivity index (χ2v) is 30.3. The minimum absolute atomic E-state index is 0.237. The zero-order valence-corrected chi connectivity index (χ0v) is 65.7. The smallest absolute Gasteiger partial charge is 0.220 e. The highest BCUT2D eigenvalue weighted by molar-refractivity contribution is 5.76. The van der Waals surface area contributed by atoms with Crippen molar-refractivity contribution in [1.29, 1.82) is 0 Å². The van der Waals surface area contributed by atoms with E-state index in [-0.39, 0.29) is 18.9 Å². The van der Waals surface area contributed by atoms with E-state index in [1.807, 2.05) is 6.08 Å². The largest absolute Gasteiger partial charge is 0.394 e. The molecule has 0 aliphatic carbocycles. The third kappa shape index (κ3) is 45.4. The van der Waals surface area contributed by atoms with E-state index in [9.17, 15) is 61.0 Å². The third-order valence-electron chi connectivity index (χ3n) is 21.0. The molecule has 0 spiro atoms. The first-order chi connectivity index (χ1) is 51.3. The van der Waals surface area contributed by atoms with Gasteiger partial charge in [-0.2, -0.15) is 0 Å². The molecule has 19 heteroatoms. The van der Waals surface area contributed by atoms with E-state index in [1.54, 1.807) is 6.08 Å². The number of aliphatic hydroxyl groups is 11. The fourth-order valence-corrected chi connectivity index (χ4v) is 14.2. The number of hydrogen-bond acceptors (Lipinski definition) is 18. The van der Waals surface area contributed by atoms with Crippen molar-refractivity contribution in [3.8, 4) is 0 Å². The molecule has 19 nitrogen and oxygen atoms in total. The van der Waals surface area contributed by atoms with Crippen LogP contribution in [0, 0.1) is 0 Å². The summed E-state index contributed by atoms with van der Waals surface area (Å²) in [5.74, 6) is -0.277. The van der Waals surface area contributed by atoms with Crippen LogP contribution in [0.4, 0.5) is 0 Å². The molecule has 3 heterocycles. The van der Waals surface area contributed by atoms with Crippen molar-refractivity contribution in [3.63, 3.8) is 0 Å². The molecule has 0 radical (unpaired) electrons. The average molecular weight is 1490 g/mol. The van der Waals surface area contributed by atoms with Gasteiger partial charge in [-0.3, -0.25) is 4.79 Å². The summed E-state index contributed by atoms with van der Waals surface area (Å²) in [6.45, 7) is 1.66. The van der Waals surface area contributed by atoms with Gasteiger partial charge < -0.3 is 89.9 Å². The Morgan fingerprint density at radius 2 is 0.657 bits per heavy atom.